The summed E-state index contributed by atoms with van der Waals surface area (Å²) in [6.07, 6.45) is 0. The van der Waals surface area contributed by atoms with Crippen LogP contribution in [-0.2, 0) is 5.88 Å². The minimum atomic E-state index is 0.244. The molecular formula is C8H12ClN5S. The Morgan fingerprint density at radius 1 is 1.27 bits per heavy atom. The molecule has 1 aliphatic heterocycles. The molecule has 0 spiro atoms. The molecule has 15 heavy (non-hydrogen) atoms. The van der Waals surface area contributed by atoms with E-state index in [9.17, 15) is 0 Å². The van der Waals surface area contributed by atoms with Crippen LogP contribution in [0.15, 0.2) is 0 Å². The standard InChI is InChI=1S/C8H12ClN5S/c9-5-6-11-7(10)13-8(12-6)14-1-3-15-4-2-14/h1-5H2,(H2,10,11,12,13). The van der Waals surface area contributed by atoms with Gasteiger partial charge in [0.25, 0.3) is 0 Å². The molecule has 0 atom stereocenters. The van der Waals surface area contributed by atoms with Crippen molar-refractivity contribution in [2.45, 2.75) is 5.88 Å². The van der Waals surface area contributed by atoms with Crippen molar-refractivity contribution in [2.75, 3.05) is 35.2 Å². The van der Waals surface area contributed by atoms with Gasteiger partial charge >= 0.3 is 0 Å². The van der Waals surface area contributed by atoms with Gasteiger partial charge in [0, 0.05) is 24.6 Å². The lowest BCUT2D eigenvalue weighted by Gasteiger charge is -2.26. The fraction of sp³-hybridized carbons (Fsp3) is 0.625. The van der Waals surface area contributed by atoms with E-state index in [1.807, 2.05) is 11.8 Å². The van der Waals surface area contributed by atoms with E-state index in [0.29, 0.717) is 11.8 Å². The molecule has 2 N–H and O–H groups in total. The molecule has 0 aliphatic carbocycles. The maximum Gasteiger partial charge on any atom is 0.230 e. The Bertz CT molecular complexity index is 342. The van der Waals surface area contributed by atoms with Crippen molar-refractivity contribution in [2.24, 2.45) is 0 Å². The molecule has 1 fully saturated rings. The van der Waals surface area contributed by atoms with Crippen LogP contribution in [0.4, 0.5) is 11.9 Å². The van der Waals surface area contributed by atoms with Gasteiger partial charge in [0.2, 0.25) is 11.9 Å². The van der Waals surface area contributed by atoms with E-state index in [4.69, 9.17) is 17.3 Å². The summed E-state index contributed by atoms with van der Waals surface area (Å²) < 4.78 is 0. The van der Waals surface area contributed by atoms with Gasteiger partial charge in [-0.2, -0.15) is 26.7 Å². The van der Waals surface area contributed by atoms with E-state index < -0.39 is 0 Å². The summed E-state index contributed by atoms with van der Waals surface area (Å²) in [5, 5.41) is 0. The summed E-state index contributed by atoms with van der Waals surface area (Å²) in [4.78, 5) is 14.4. The van der Waals surface area contributed by atoms with Crippen LogP contribution in [0.3, 0.4) is 0 Å². The summed E-state index contributed by atoms with van der Waals surface area (Å²) in [5.74, 6) is 3.90. The maximum atomic E-state index is 5.68. The lowest BCUT2D eigenvalue weighted by molar-refractivity contribution is 0.798. The third-order valence-corrected chi connectivity index (χ3v) is 3.28. The average Bonchev–Trinajstić information content (AvgIpc) is 2.29. The van der Waals surface area contributed by atoms with Gasteiger partial charge in [-0.3, -0.25) is 0 Å². The van der Waals surface area contributed by atoms with Crippen molar-refractivity contribution in [3.05, 3.63) is 5.82 Å². The van der Waals surface area contributed by atoms with Gasteiger partial charge < -0.3 is 10.6 Å². The number of nitrogen functional groups attached to an aromatic ring is 1. The van der Waals surface area contributed by atoms with Gasteiger partial charge in [0.15, 0.2) is 5.82 Å². The molecule has 5 nitrogen and oxygen atoms in total. The fourth-order valence-electron chi connectivity index (χ4n) is 1.39. The second-order valence-electron chi connectivity index (χ2n) is 3.14. The maximum absolute atomic E-state index is 5.68. The number of hydrogen-bond acceptors (Lipinski definition) is 6. The quantitative estimate of drug-likeness (QED) is 0.776. The molecule has 1 saturated heterocycles. The Balaban J connectivity index is 2.22. The van der Waals surface area contributed by atoms with Crippen LogP contribution in [0.25, 0.3) is 0 Å². The smallest absolute Gasteiger partial charge is 0.230 e. The van der Waals surface area contributed by atoms with Gasteiger partial charge in [0.1, 0.15) is 0 Å². The molecule has 1 aliphatic rings. The lowest BCUT2D eigenvalue weighted by atomic mass is 10.5. The van der Waals surface area contributed by atoms with Gasteiger partial charge in [-0.1, -0.05) is 0 Å². The van der Waals surface area contributed by atoms with Crippen LogP contribution >= 0.6 is 23.4 Å². The Hall–Kier alpha value is -0.750. The summed E-state index contributed by atoms with van der Waals surface area (Å²) in [7, 11) is 0. The highest BCUT2D eigenvalue weighted by Crippen LogP contribution is 2.16. The zero-order valence-electron chi connectivity index (χ0n) is 8.19. The first-order valence-electron chi connectivity index (χ1n) is 4.68. The van der Waals surface area contributed by atoms with Gasteiger partial charge in [-0.05, 0) is 0 Å². The minimum Gasteiger partial charge on any atom is -0.368 e. The zero-order chi connectivity index (χ0) is 10.7. The first kappa shape index (κ1) is 10.8. The molecule has 0 saturated carbocycles. The first-order chi connectivity index (χ1) is 7.29. The van der Waals surface area contributed by atoms with Crippen LogP contribution < -0.4 is 10.6 Å². The largest absolute Gasteiger partial charge is 0.368 e. The van der Waals surface area contributed by atoms with Gasteiger partial charge in [-0.25, -0.2) is 0 Å². The number of halogens is 1. The summed E-state index contributed by atoms with van der Waals surface area (Å²) >= 11 is 7.62. The van der Waals surface area contributed by atoms with Crippen molar-refractivity contribution in [1.29, 1.82) is 0 Å². The topological polar surface area (TPSA) is 67.9 Å². The highest BCUT2D eigenvalue weighted by molar-refractivity contribution is 7.99. The Labute approximate surface area is 97.4 Å². The Kier molecular flexibility index (Phi) is 3.48. The van der Waals surface area contributed by atoms with Crippen LogP contribution in [-0.4, -0.2) is 39.5 Å². The van der Waals surface area contributed by atoms with E-state index in [1.54, 1.807) is 0 Å². The summed E-state index contributed by atoms with van der Waals surface area (Å²) in [5.41, 5.74) is 5.59. The van der Waals surface area contributed by atoms with Gasteiger partial charge in [0.05, 0.1) is 5.88 Å². The van der Waals surface area contributed by atoms with Crippen LogP contribution in [0, 0.1) is 0 Å². The highest BCUT2D eigenvalue weighted by Gasteiger charge is 2.15. The third-order valence-electron chi connectivity index (χ3n) is 2.10. The minimum absolute atomic E-state index is 0.244. The van der Waals surface area contributed by atoms with Crippen molar-refractivity contribution in [3.8, 4) is 0 Å². The van der Waals surface area contributed by atoms with Crippen molar-refractivity contribution in [3.63, 3.8) is 0 Å². The number of anilines is 2. The molecule has 7 heteroatoms. The number of alkyl halides is 1. The second kappa shape index (κ2) is 4.85. The fourth-order valence-corrected chi connectivity index (χ4v) is 2.41. The predicted octanol–water partition coefficient (Wildman–Crippen LogP) is 0.746. The number of rotatable bonds is 2. The number of hydrogen-bond donors (Lipinski definition) is 1. The molecule has 82 valence electrons. The molecular weight excluding hydrogens is 234 g/mol. The monoisotopic (exact) mass is 245 g/mol. The highest BCUT2D eigenvalue weighted by atomic mass is 35.5. The van der Waals surface area contributed by atoms with E-state index >= 15 is 0 Å². The number of aromatic nitrogens is 3. The van der Waals surface area contributed by atoms with E-state index in [2.05, 4.69) is 19.9 Å². The van der Waals surface area contributed by atoms with Crippen molar-refractivity contribution < 1.29 is 0 Å². The molecule has 0 bridgehead atoms. The molecule has 0 aromatic carbocycles. The van der Waals surface area contributed by atoms with Crippen molar-refractivity contribution in [1.82, 2.24) is 15.0 Å². The Morgan fingerprint density at radius 2 is 2.00 bits per heavy atom. The second-order valence-corrected chi connectivity index (χ2v) is 4.63. The zero-order valence-corrected chi connectivity index (χ0v) is 9.76. The van der Waals surface area contributed by atoms with E-state index in [-0.39, 0.29) is 11.8 Å². The molecule has 0 radical (unpaired) electrons. The predicted molar refractivity (Wildman–Crippen MR) is 63.3 cm³/mol. The Morgan fingerprint density at radius 3 is 2.67 bits per heavy atom. The van der Waals surface area contributed by atoms with Crippen LogP contribution in [0.1, 0.15) is 5.82 Å². The number of thioether (sulfide) groups is 1. The summed E-state index contributed by atoms with van der Waals surface area (Å²) in [6, 6.07) is 0. The van der Waals surface area contributed by atoms with E-state index in [0.717, 1.165) is 24.6 Å². The first-order valence-corrected chi connectivity index (χ1v) is 6.37. The third kappa shape index (κ3) is 2.63. The summed E-state index contributed by atoms with van der Waals surface area (Å²) in [6.45, 7) is 1.91. The number of nitrogens with zero attached hydrogens (tertiary/aromatic N) is 4. The van der Waals surface area contributed by atoms with E-state index in [1.165, 1.54) is 0 Å². The van der Waals surface area contributed by atoms with Gasteiger partial charge in [-0.15, -0.1) is 11.6 Å². The molecule has 2 heterocycles. The lowest BCUT2D eigenvalue weighted by Crippen LogP contribution is -2.34. The van der Waals surface area contributed by atoms with Crippen molar-refractivity contribution >= 4 is 35.3 Å². The molecule has 0 unspecified atom stereocenters. The molecule has 1 aromatic heterocycles. The molecule has 1 aromatic rings. The van der Waals surface area contributed by atoms with Crippen LogP contribution in [0.5, 0.6) is 0 Å². The molecule has 2 rings (SSSR count). The average molecular weight is 246 g/mol. The molecule has 0 amide bonds. The SMILES string of the molecule is Nc1nc(CCl)nc(N2CCSCC2)n1. The van der Waals surface area contributed by atoms with Crippen LogP contribution in [0.2, 0.25) is 0 Å². The normalized spacial score (nSPS) is 16.7. The number of nitrogens with two attached hydrogens (primary N) is 1.